The fourth-order valence-corrected chi connectivity index (χ4v) is 6.96. The van der Waals surface area contributed by atoms with Gasteiger partial charge in [-0.15, -0.1) is 0 Å². The summed E-state index contributed by atoms with van der Waals surface area (Å²) in [5.74, 6) is -1.63. The van der Waals surface area contributed by atoms with E-state index in [2.05, 4.69) is 4.98 Å². The van der Waals surface area contributed by atoms with Crippen LogP contribution in [0, 0.1) is 0 Å². The second-order valence-electron chi connectivity index (χ2n) is 7.08. The van der Waals surface area contributed by atoms with Crippen molar-refractivity contribution >= 4 is 94.5 Å². The summed E-state index contributed by atoms with van der Waals surface area (Å²) in [6.45, 7) is -0.375. The molecule has 0 unspecified atom stereocenters. The Labute approximate surface area is 213 Å². The Morgan fingerprint density at radius 1 is 1.26 bits per heavy atom. The van der Waals surface area contributed by atoms with E-state index in [0.29, 0.717) is 31.0 Å². The molecule has 0 atom stereocenters. The number of amides is 1. The van der Waals surface area contributed by atoms with Gasteiger partial charge in [-0.3, -0.25) is 9.52 Å². The fraction of sp³-hybridized carbons (Fsp3) is 0.167. The maximum Gasteiger partial charge on any atom is 0.342 e. The molecule has 0 saturated carbocycles. The molecule has 10 nitrogen and oxygen atoms in total. The van der Waals surface area contributed by atoms with Gasteiger partial charge in [-0.2, -0.15) is 0 Å². The number of carbonyl (C=O) groups is 1. The van der Waals surface area contributed by atoms with Gasteiger partial charge in [-0.25, -0.2) is 21.4 Å². The third kappa shape index (κ3) is 5.64. The summed E-state index contributed by atoms with van der Waals surface area (Å²) in [6.07, 6.45) is 3.94. The minimum absolute atomic E-state index is 0.231. The summed E-state index contributed by atoms with van der Waals surface area (Å²) in [6, 6.07) is 6.56. The molecule has 0 aliphatic carbocycles. The molecule has 0 fully saturated rings. The number of thioether (sulfide) groups is 1. The first-order valence-corrected chi connectivity index (χ1v) is 15.0. The SMILES string of the molecule is CS(=O)(=O)NC(=O)CN1C(=Cc2sc3cccnc3[n+]2CS(=O)(=O)[O-])Sc2cc(Cl)c(Cl)cc21. The summed E-state index contributed by atoms with van der Waals surface area (Å²) in [4.78, 5) is 18.8. The smallest absolute Gasteiger partial charge is 0.342 e. The number of pyridine rings is 1. The van der Waals surface area contributed by atoms with Crippen molar-refractivity contribution in [3.05, 3.63) is 50.5 Å². The Morgan fingerprint density at radius 2 is 1.97 bits per heavy atom. The number of aromatic nitrogens is 2. The predicted octanol–water partition coefficient (Wildman–Crippen LogP) is 2.38. The van der Waals surface area contributed by atoms with Gasteiger partial charge in [0.2, 0.25) is 10.0 Å². The van der Waals surface area contributed by atoms with E-state index in [-0.39, 0.29) is 16.6 Å². The van der Waals surface area contributed by atoms with Gasteiger partial charge < -0.3 is 9.45 Å². The molecule has 0 bridgehead atoms. The van der Waals surface area contributed by atoms with Crippen molar-refractivity contribution in [3.8, 4) is 0 Å². The van der Waals surface area contributed by atoms with Crippen molar-refractivity contribution in [3.63, 3.8) is 0 Å². The highest BCUT2D eigenvalue weighted by molar-refractivity contribution is 8.04. The number of benzene rings is 1. The number of rotatable bonds is 6. The zero-order valence-corrected chi connectivity index (χ0v) is 21.8. The third-order valence-electron chi connectivity index (χ3n) is 4.40. The van der Waals surface area contributed by atoms with Crippen LogP contribution in [0.3, 0.4) is 0 Å². The monoisotopic (exact) mass is 580 g/mol. The third-order valence-corrected chi connectivity index (χ3v) is 8.47. The number of sulfonamides is 1. The van der Waals surface area contributed by atoms with E-state index in [1.165, 1.54) is 38.8 Å². The van der Waals surface area contributed by atoms with Gasteiger partial charge in [0.05, 0.1) is 27.0 Å². The standard InChI is InChI=1S/C18H14Cl2N4O6S4/c1-33(26,27)22-15(25)8-23-12-5-10(19)11(20)6-14(12)32-16(23)7-17-24(9-34(28,29)30)18-13(31-17)3-2-4-21-18/h2-7H,8-9H2,1H3,(H-,22,25,28,29,30). The number of carbonyl (C=O) groups excluding carboxylic acids is 1. The highest BCUT2D eigenvalue weighted by Gasteiger charge is 2.30. The molecule has 1 aliphatic heterocycles. The minimum Gasteiger partial charge on any atom is -0.745 e. The van der Waals surface area contributed by atoms with E-state index < -0.39 is 31.9 Å². The van der Waals surface area contributed by atoms with Crippen molar-refractivity contribution in [1.29, 1.82) is 0 Å². The number of nitrogens with one attached hydrogen (secondary N) is 1. The largest absolute Gasteiger partial charge is 0.745 e. The van der Waals surface area contributed by atoms with Gasteiger partial charge >= 0.3 is 5.65 Å². The van der Waals surface area contributed by atoms with E-state index in [4.69, 9.17) is 23.2 Å². The molecule has 1 N–H and O–H groups in total. The Kier molecular flexibility index (Phi) is 6.85. The summed E-state index contributed by atoms with van der Waals surface area (Å²) < 4.78 is 61.5. The van der Waals surface area contributed by atoms with Gasteiger partial charge in [0.1, 0.15) is 27.6 Å². The molecule has 16 heteroatoms. The highest BCUT2D eigenvalue weighted by Crippen LogP contribution is 2.49. The van der Waals surface area contributed by atoms with Crippen LogP contribution in [-0.2, 0) is 30.8 Å². The first kappa shape index (κ1) is 25.2. The van der Waals surface area contributed by atoms with Crippen LogP contribution in [0.15, 0.2) is 40.4 Å². The quantitative estimate of drug-likeness (QED) is 0.343. The Bertz CT molecular complexity index is 1570. The lowest BCUT2D eigenvalue weighted by Gasteiger charge is -2.20. The first-order chi connectivity index (χ1) is 15.8. The number of fused-ring (bicyclic) bond motifs is 2. The van der Waals surface area contributed by atoms with E-state index in [1.807, 2.05) is 4.72 Å². The molecule has 34 heavy (non-hydrogen) atoms. The number of hydrogen-bond acceptors (Lipinski definition) is 10. The zero-order chi connectivity index (χ0) is 24.8. The van der Waals surface area contributed by atoms with Gasteiger partial charge in [0, 0.05) is 11.0 Å². The second-order valence-corrected chi connectivity index (χ2v) is 13.1. The number of thiazole rings is 1. The zero-order valence-electron chi connectivity index (χ0n) is 17.1. The molecule has 1 aliphatic rings. The number of anilines is 1. The maximum absolute atomic E-state index is 12.4. The maximum atomic E-state index is 12.4. The number of nitrogens with zero attached hydrogens (tertiary/aromatic N) is 3. The van der Waals surface area contributed by atoms with Crippen LogP contribution in [0.4, 0.5) is 5.69 Å². The lowest BCUT2D eigenvalue weighted by Crippen LogP contribution is -2.40. The van der Waals surface area contributed by atoms with E-state index in [1.54, 1.807) is 30.3 Å². The highest BCUT2D eigenvalue weighted by atomic mass is 35.5. The van der Waals surface area contributed by atoms with Crippen molar-refractivity contribution in [2.75, 3.05) is 17.7 Å². The van der Waals surface area contributed by atoms with Crippen LogP contribution in [0.1, 0.15) is 5.01 Å². The number of halogens is 2. The van der Waals surface area contributed by atoms with E-state index in [0.717, 1.165) is 6.26 Å². The number of hydrogen-bond donors (Lipinski definition) is 1. The van der Waals surface area contributed by atoms with Crippen LogP contribution >= 0.6 is 46.3 Å². The van der Waals surface area contributed by atoms with Crippen molar-refractivity contribution < 1.29 is 30.7 Å². The summed E-state index contributed by atoms with van der Waals surface area (Å²) in [5.41, 5.74) is 0.822. The van der Waals surface area contributed by atoms with Gasteiger partial charge in [0.25, 0.3) is 5.91 Å². The van der Waals surface area contributed by atoms with Crippen LogP contribution < -0.4 is 14.2 Å². The van der Waals surface area contributed by atoms with E-state index in [9.17, 15) is 26.2 Å². The molecule has 1 aromatic carbocycles. The molecule has 2 aromatic heterocycles. The molecule has 0 radical (unpaired) electrons. The minimum atomic E-state index is -4.65. The molecule has 0 spiro atoms. The Balaban J connectivity index is 1.83. The van der Waals surface area contributed by atoms with Gasteiger partial charge in [-0.1, -0.05) is 46.3 Å². The Hall–Kier alpha value is -1.94. The Morgan fingerprint density at radius 3 is 2.65 bits per heavy atom. The summed E-state index contributed by atoms with van der Waals surface area (Å²) >= 11 is 14.7. The lowest BCUT2D eigenvalue weighted by atomic mass is 10.3. The molecule has 180 valence electrons. The molecular formula is C18H14Cl2N4O6S4. The second kappa shape index (κ2) is 9.26. The molecule has 4 rings (SSSR count). The molecule has 3 aromatic rings. The van der Waals surface area contributed by atoms with Crippen LogP contribution in [0.2, 0.25) is 10.0 Å². The average Bonchev–Trinajstić information content (AvgIpc) is 3.18. The topological polar surface area (TPSA) is 140 Å². The van der Waals surface area contributed by atoms with Crippen molar-refractivity contribution in [2.45, 2.75) is 10.8 Å². The van der Waals surface area contributed by atoms with Crippen LogP contribution in [-0.4, -0.2) is 45.1 Å². The van der Waals surface area contributed by atoms with Crippen molar-refractivity contribution in [1.82, 2.24) is 9.71 Å². The molecule has 3 heterocycles. The summed E-state index contributed by atoms with van der Waals surface area (Å²) in [7, 11) is -8.44. The van der Waals surface area contributed by atoms with Gasteiger partial charge in [0.15, 0.2) is 10.9 Å². The molecule has 1 amide bonds. The molecule has 0 saturated heterocycles. The van der Waals surface area contributed by atoms with Crippen LogP contribution in [0.25, 0.3) is 16.4 Å². The predicted molar refractivity (Wildman–Crippen MR) is 130 cm³/mol. The van der Waals surface area contributed by atoms with Crippen molar-refractivity contribution in [2.24, 2.45) is 0 Å². The van der Waals surface area contributed by atoms with Crippen LogP contribution in [0.5, 0.6) is 0 Å². The fourth-order valence-electron chi connectivity index (χ4n) is 3.18. The van der Waals surface area contributed by atoms with E-state index >= 15 is 0 Å². The van der Waals surface area contributed by atoms with Gasteiger partial charge in [-0.05, 0) is 29.2 Å². The lowest BCUT2D eigenvalue weighted by molar-refractivity contribution is -0.651. The molecular weight excluding hydrogens is 567 g/mol. The normalized spacial score (nSPS) is 15.2. The summed E-state index contributed by atoms with van der Waals surface area (Å²) in [5, 5.41) is 1.36. The first-order valence-electron chi connectivity index (χ1n) is 9.18. The average molecular weight is 582 g/mol.